The maximum Gasteiger partial charge on any atom is 0.320 e. The van der Waals surface area contributed by atoms with Crippen LogP contribution < -0.4 is 0 Å². The number of carbonyl (C=O) groups excluding carboxylic acids is 2. The number of fused-ring (bicyclic) bond motifs is 1. The molecule has 3 saturated heterocycles. The first-order chi connectivity index (χ1) is 13.4. The number of hydrogen-bond acceptors (Lipinski definition) is 3. The maximum atomic E-state index is 14.4. The molecule has 7 heteroatoms. The van der Waals surface area contributed by atoms with Crippen molar-refractivity contribution in [3.8, 4) is 0 Å². The Balaban J connectivity index is 1.31. The summed E-state index contributed by atoms with van der Waals surface area (Å²) in [4.78, 5) is 27.7. The Bertz CT molecular complexity index is 820. The van der Waals surface area contributed by atoms with Crippen molar-refractivity contribution in [2.24, 2.45) is 11.8 Å². The van der Waals surface area contributed by atoms with Crippen LogP contribution in [0.3, 0.4) is 0 Å². The Morgan fingerprint density at radius 1 is 1.25 bits per heavy atom. The molecular formula is C21H24F2N2O3. The van der Waals surface area contributed by atoms with E-state index in [4.69, 9.17) is 4.74 Å². The Labute approximate surface area is 162 Å². The minimum atomic E-state index is -0.463. The Morgan fingerprint density at radius 3 is 2.79 bits per heavy atom. The second-order valence-electron chi connectivity index (χ2n) is 8.01. The van der Waals surface area contributed by atoms with Crippen molar-refractivity contribution >= 4 is 17.6 Å². The molecule has 0 spiro atoms. The van der Waals surface area contributed by atoms with Crippen LogP contribution in [0, 0.1) is 24.6 Å². The normalized spacial score (nSPS) is 26.1. The summed E-state index contributed by atoms with van der Waals surface area (Å²) in [6.45, 7) is 3.85. The highest BCUT2D eigenvalue weighted by Gasteiger charge is 2.39. The quantitative estimate of drug-likeness (QED) is 0.779. The fraction of sp³-hybridized carbons (Fsp3) is 0.524. The highest BCUT2D eigenvalue weighted by Crippen LogP contribution is 2.30. The van der Waals surface area contributed by atoms with Gasteiger partial charge in [-0.1, -0.05) is 12.1 Å². The monoisotopic (exact) mass is 390 g/mol. The average molecular weight is 390 g/mol. The van der Waals surface area contributed by atoms with Gasteiger partial charge in [-0.25, -0.2) is 13.6 Å². The molecule has 3 fully saturated rings. The Morgan fingerprint density at radius 2 is 2.04 bits per heavy atom. The van der Waals surface area contributed by atoms with Crippen LogP contribution in [0.1, 0.15) is 24.0 Å². The predicted octanol–water partition coefficient (Wildman–Crippen LogP) is 3.18. The van der Waals surface area contributed by atoms with Crippen LogP contribution in [0.2, 0.25) is 0 Å². The molecule has 1 aromatic rings. The molecule has 150 valence electrons. The van der Waals surface area contributed by atoms with E-state index in [1.54, 1.807) is 28.9 Å². The first kappa shape index (κ1) is 19.1. The minimum absolute atomic E-state index is 0.0667. The van der Waals surface area contributed by atoms with Gasteiger partial charge in [0.25, 0.3) is 0 Å². The van der Waals surface area contributed by atoms with Gasteiger partial charge in [0.2, 0.25) is 0 Å². The molecule has 5 nitrogen and oxygen atoms in total. The second kappa shape index (κ2) is 7.62. The Kier molecular flexibility index (Phi) is 5.19. The van der Waals surface area contributed by atoms with Gasteiger partial charge >= 0.3 is 6.03 Å². The van der Waals surface area contributed by atoms with Crippen molar-refractivity contribution in [2.75, 3.05) is 32.8 Å². The van der Waals surface area contributed by atoms with E-state index in [0.717, 1.165) is 6.42 Å². The standard InChI is InChI=1S/C21H24F2N2O3/c1-13-2-3-15(8-18(13)22)19(23)6-14-9-25(10-14)21(27)24-5-4-20-16(11-24)7-17(26)12-28-20/h2-3,6,8,14,16,20H,4-5,7,9-12H2,1H3/b19-6-/t16-,20+/m1/s1. The van der Waals surface area contributed by atoms with Gasteiger partial charge in [-0.05, 0) is 31.1 Å². The summed E-state index contributed by atoms with van der Waals surface area (Å²) in [5.74, 6) is -0.808. The molecule has 0 bridgehead atoms. The third-order valence-electron chi connectivity index (χ3n) is 5.89. The number of amides is 2. The van der Waals surface area contributed by atoms with Crippen LogP contribution in [-0.4, -0.2) is 60.5 Å². The summed E-state index contributed by atoms with van der Waals surface area (Å²) >= 11 is 0. The number of carbonyl (C=O) groups is 2. The number of piperidine rings is 1. The molecule has 0 aromatic heterocycles. The third kappa shape index (κ3) is 3.81. The van der Waals surface area contributed by atoms with Crippen molar-refractivity contribution in [3.05, 3.63) is 41.2 Å². The number of halogens is 2. The van der Waals surface area contributed by atoms with Crippen molar-refractivity contribution < 1.29 is 23.1 Å². The molecule has 3 aliphatic rings. The highest BCUT2D eigenvalue weighted by atomic mass is 19.1. The lowest BCUT2D eigenvalue weighted by molar-refractivity contribution is -0.140. The van der Waals surface area contributed by atoms with E-state index in [-0.39, 0.29) is 41.9 Å². The summed E-state index contributed by atoms with van der Waals surface area (Å²) in [5.41, 5.74) is 0.697. The van der Waals surface area contributed by atoms with Crippen LogP contribution in [0.25, 0.3) is 5.83 Å². The van der Waals surface area contributed by atoms with Crippen molar-refractivity contribution in [2.45, 2.75) is 25.9 Å². The van der Waals surface area contributed by atoms with Gasteiger partial charge in [0.15, 0.2) is 5.78 Å². The molecule has 0 saturated carbocycles. The van der Waals surface area contributed by atoms with E-state index in [9.17, 15) is 18.4 Å². The molecule has 2 amide bonds. The second-order valence-corrected chi connectivity index (χ2v) is 8.01. The van der Waals surface area contributed by atoms with Crippen LogP contribution in [0.4, 0.5) is 13.6 Å². The fourth-order valence-electron chi connectivity index (χ4n) is 4.17. The molecule has 28 heavy (non-hydrogen) atoms. The number of rotatable bonds is 2. The molecule has 3 aliphatic heterocycles. The molecule has 1 aromatic carbocycles. The van der Waals surface area contributed by atoms with Gasteiger partial charge in [0.1, 0.15) is 18.3 Å². The van der Waals surface area contributed by atoms with Gasteiger partial charge in [0, 0.05) is 50.0 Å². The largest absolute Gasteiger partial charge is 0.370 e. The Hall–Kier alpha value is -2.28. The third-order valence-corrected chi connectivity index (χ3v) is 5.89. The van der Waals surface area contributed by atoms with E-state index in [2.05, 4.69) is 0 Å². The average Bonchev–Trinajstić information content (AvgIpc) is 2.65. The number of ether oxygens (including phenoxy) is 1. The first-order valence-corrected chi connectivity index (χ1v) is 9.71. The number of likely N-dealkylation sites (tertiary alicyclic amines) is 2. The van der Waals surface area contributed by atoms with Crippen LogP contribution >= 0.6 is 0 Å². The van der Waals surface area contributed by atoms with Crippen molar-refractivity contribution in [1.82, 2.24) is 9.80 Å². The molecule has 4 rings (SSSR count). The lowest BCUT2D eigenvalue weighted by Crippen LogP contribution is -2.58. The number of Topliss-reactive ketones (excluding diaryl/α,β-unsaturated/α-hetero) is 1. The summed E-state index contributed by atoms with van der Waals surface area (Å²) in [6, 6.07) is 4.24. The van der Waals surface area contributed by atoms with Gasteiger partial charge in [-0.2, -0.15) is 0 Å². The number of urea groups is 1. The summed E-state index contributed by atoms with van der Waals surface area (Å²) < 4.78 is 33.5. The number of benzene rings is 1. The van der Waals surface area contributed by atoms with Crippen LogP contribution in [0.15, 0.2) is 24.3 Å². The summed E-state index contributed by atoms with van der Waals surface area (Å²) in [6.07, 6.45) is 2.75. The summed E-state index contributed by atoms with van der Waals surface area (Å²) in [7, 11) is 0. The molecule has 3 heterocycles. The van der Waals surface area contributed by atoms with E-state index < -0.39 is 11.6 Å². The smallest absolute Gasteiger partial charge is 0.320 e. The zero-order valence-corrected chi connectivity index (χ0v) is 15.9. The molecular weight excluding hydrogens is 366 g/mol. The topological polar surface area (TPSA) is 49.9 Å². The number of aryl methyl sites for hydroxylation is 1. The van der Waals surface area contributed by atoms with Crippen molar-refractivity contribution in [1.29, 1.82) is 0 Å². The van der Waals surface area contributed by atoms with Gasteiger partial charge in [-0.15, -0.1) is 0 Å². The van der Waals surface area contributed by atoms with E-state index in [1.165, 1.54) is 12.1 Å². The van der Waals surface area contributed by atoms with Crippen LogP contribution in [0.5, 0.6) is 0 Å². The van der Waals surface area contributed by atoms with E-state index >= 15 is 0 Å². The fourth-order valence-corrected chi connectivity index (χ4v) is 4.17. The number of nitrogens with zero attached hydrogens (tertiary/aromatic N) is 2. The maximum absolute atomic E-state index is 14.4. The lowest BCUT2D eigenvalue weighted by atomic mass is 9.88. The predicted molar refractivity (Wildman–Crippen MR) is 99.7 cm³/mol. The minimum Gasteiger partial charge on any atom is -0.370 e. The molecule has 0 unspecified atom stereocenters. The van der Waals surface area contributed by atoms with Gasteiger partial charge < -0.3 is 14.5 Å². The number of hydrogen-bond donors (Lipinski definition) is 0. The molecule has 0 aliphatic carbocycles. The lowest BCUT2D eigenvalue weighted by Gasteiger charge is -2.45. The summed E-state index contributed by atoms with van der Waals surface area (Å²) in [5, 5.41) is 0. The van der Waals surface area contributed by atoms with Gasteiger partial charge in [0.05, 0.1) is 6.10 Å². The zero-order valence-electron chi connectivity index (χ0n) is 15.9. The molecule has 2 atom stereocenters. The van der Waals surface area contributed by atoms with Crippen molar-refractivity contribution in [3.63, 3.8) is 0 Å². The van der Waals surface area contributed by atoms with E-state index in [1.807, 2.05) is 0 Å². The van der Waals surface area contributed by atoms with E-state index in [0.29, 0.717) is 38.2 Å². The zero-order chi connectivity index (χ0) is 19.8. The molecule has 0 radical (unpaired) electrons. The first-order valence-electron chi connectivity index (χ1n) is 9.71. The van der Waals surface area contributed by atoms with Crippen LogP contribution in [-0.2, 0) is 9.53 Å². The van der Waals surface area contributed by atoms with Gasteiger partial charge in [-0.3, -0.25) is 4.79 Å². The number of ketones is 1. The SMILES string of the molecule is Cc1ccc(/C(F)=C/C2CN(C(=O)N3CC[C@@H]4OCC(=O)C[C@@H]4C3)C2)cc1F. The highest BCUT2D eigenvalue weighted by molar-refractivity contribution is 5.81. The molecule has 0 N–H and O–H groups in total.